The molecule has 2 saturated heterocycles. The van der Waals surface area contributed by atoms with Gasteiger partial charge in [-0.25, -0.2) is 0 Å². The van der Waals surface area contributed by atoms with Gasteiger partial charge in [-0.1, -0.05) is 82.2 Å². The molecule has 0 aromatic rings. The van der Waals surface area contributed by atoms with Crippen LogP contribution in [0.3, 0.4) is 0 Å². The van der Waals surface area contributed by atoms with Crippen molar-refractivity contribution in [2.24, 2.45) is 29.6 Å². The van der Waals surface area contributed by atoms with Crippen molar-refractivity contribution in [3.63, 3.8) is 0 Å². The molecule has 2 heterocycles. The van der Waals surface area contributed by atoms with Gasteiger partial charge >= 0.3 is 0 Å². The lowest BCUT2D eigenvalue weighted by molar-refractivity contribution is -0.264. The van der Waals surface area contributed by atoms with Crippen molar-refractivity contribution in [3.8, 4) is 0 Å². The lowest BCUT2D eigenvalue weighted by atomic mass is 9.69. The van der Waals surface area contributed by atoms with E-state index < -0.39 is 22.4 Å². The maximum atomic E-state index is 13.3. The summed E-state index contributed by atoms with van der Waals surface area (Å²) in [5, 5.41) is 3.65. The standard InChI is InChI=1S/C32H63NO4Si2/c1-17-21(3)26(36-38(13,14)30(7,8)9)20-27-23(5)28(37-39(15,16)31(10,11)12)24(6)32(35-27)22(4)19-25(18-2)29(34)33-32/h17,21-28H,1,18-20H2,2-16H3,(H,33,34)/t21-,22-,23-,24-,25-,26-,27-,28-,32+/m0/s1. The fraction of sp³-hybridized carbons (Fsp3) is 0.906. The Kier molecular flexibility index (Phi) is 10.7. The first-order chi connectivity index (χ1) is 17.5. The first kappa shape index (κ1) is 34.7. The molecule has 0 aliphatic carbocycles. The van der Waals surface area contributed by atoms with E-state index in [0.717, 1.165) is 19.3 Å². The molecule has 2 fully saturated rings. The quantitative estimate of drug-likeness (QED) is 0.219. The molecule has 39 heavy (non-hydrogen) atoms. The Balaban J connectivity index is 2.56. The number of amides is 1. The molecule has 0 saturated carbocycles. The third-order valence-corrected chi connectivity index (χ3v) is 20.1. The minimum Gasteiger partial charge on any atom is -0.413 e. The first-order valence-electron chi connectivity index (χ1n) is 15.5. The third kappa shape index (κ3) is 7.12. The van der Waals surface area contributed by atoms with Gasteiger partial charge in [-0.15, -0.1) is 6.58 Å². The van der Waals surface area contributed by atoms with Crippen molar-refractivity contribution in [3.05, 3.63) is 12.7 Å². The Labute approximate surface area is 243 Å². The Bertz CT molecular complexity index is 861. The molecule has 9 atom stereocenters. The fourth-order valence-corrected chi connectivity index (χ4v) is 8.73. The summed E-state index contributed by atoms with van der Waals surface area (Å²) < 4.78 is 21.5. The summed E-state index contributed by atoms with van der Waals surface area (Å²) in [6.07, 6.45) is 4.34. The van der Waals surface area contributed by atoms with E-state index in [1.165, 1.54) is 0 Å². The van der Waals surface area contributed by atoms with Gasteiger partial charge in [0.1, 0.15) is 5.72 Å². The summed E-state index contributed by atoms with van der Waals surface area (Å²) in [6.45, 7) is 38.3. The molecule has 0 unspecified atom stereocenters. The Hall–Kier alpha value is -0.476. The van der Waals surface area contributed by atoms with Crippen LogP contribution in [-0.2, 0) is 18.4 Å². The number of nitrogens with one attached hydrogen (secondary N) is 1. The fourth-order valence-electron chi connectivity index (χ4n) is 5.86. The summed E-state index contributed by atoms with van der Waals surface area (Å²) in [4.78, 5) is 13.3. The molecule has 0 aromatic heterocycles. The second-order valence-corrected chi connectivity index (χ2v) is 25.4. The number of hydrogen-bond acceptors (Lipinski definition) is 4. The monoisotopic (exact) mass is 581 g/mol. The van der Waals surface area contributed by atoms with Crippen molar-refractivity contribution >= 4 is 22.5 Å². The second kappa shape index (κ2) is 12.0. The second-order valence-electron chi connectivity index (χ2n) is 15.9. The molecule has 0 radical (unpaired) electrons. The van der Waals surface area contributed by atoms with Crippen LogP contribution in [-0.4, -0.2) is 46.6 Å². The Morgan fingerprint density at radius 3 is 2.08 bits per heavy atom. The van der Waals surface area contributed by atoms with Crippen molar-refractivity contribution in [1.29, 1.82) is 0 Å². The van der Waals surface area contributed by atoms with Crippen LogP contribution in [0.5, 0.6) is 0 Å². The van der Waals surface area contributed by atoms with Gasteiger partial charge in [-0.05, 0) is 61.4 Å². The highest BCUT2D eigenvalue weighted by atomic mass is 28.4. The van der Waals surface area contributed by atoms with E-state index in [9.17, 15) is 4.79 Å². The molecular weight excluding hydrogens is 519 g/mol. The minimum atomic E-state index is -2.09. The first-order valence-corrected chi connectivity index (χ1v) is 21.3. The molecule has 5 nitrogen and oxygen atoms in total. The smallest absolute Gasteiger partial charge is 0.225 e. The van der Waals surface area contributed by atoms with Crippen molar-refractivity contribution in [2.45, 2.75) is 156 Å². The van der Waals surface area contributed by atoms with Gasteiger partial charge in [0.15, 0.2) is 16.6 Å². The topological polar surface area (TPSA) is 56.8 Å². The SMILES string of the molecule is C=C[C@H](C)[C@H](C[C@@H]1O[C@@]2(NC(=O)[C@@H](CC)C[C@@H]2C)[C@@H](C)[C@@H](O[Si](C)(C)C(C)(C)C)[C@H]1C)O[Si](C)(C)C(C)(C)C. The molecule has 228 valence electrons. The number of carbonyl (C=O) groups is 1. The summed E-state index contributed by atoms with van der Waals surface area (Å²) >= 11 is 0. The van der Waals surface area contributed by atoms with Crippen LogP contribution in [0, 0.1) is 29.6 Å². The molecular formula is C32H63NO4Si2. The molecule has 1 spiro atoms. The van der Waals surface area contributed by atoms with E-state index in [1.807, 2.05) is 6.08 Å². The summed E-state index contributed by atoms with van der Waals surface area (Å²) in [6, 6.07) is 0. The number of hydrogen-bond donors (Lipinski definition) is 1. The van der Waals surface area contributed by atoms with Gasteiger partial charge in [0, 0.05) is 23.7 Å². The number of piperidine rings is 1. The van der Waals surface area contributed by atoms with Crippen LogP contribution in [0.25, 0.3) is 0 Å². The maximum absolute atomic E-state index is 13.3. The normalized spacial score (nSPS) is 34.5. The number of carbonyl (C=O) groups excluding carboxylic acids is 1. The van der Waals surface area contributed by atoms with Crippen LogP contribution in [0.1, 0.15) is 95.4 Å². The Morgan fingerprint density at radius 2 is 1.62 bits per heavy atom. The molecule has 0 aromatic carbocycles. The average molecular weight is 582 g/mol. The van der Waals surface area contributed by atoms with Crippen LogP contribution < -0.4 is 5.32 Å². The molecule has 2 rings (SSSR count). The van der Waals surface area contributed by atoms with Gasteiger partial charge in [0.2, 0.25) is 5.91 Å². The molecule has 1 N–H and O–H groups in total. The lowest BCUT2D eigenvalue weighted by Gasteiger charge is -2.59. The lowest BCUT2D eigenvalue weighted by Crippen LogP contribution is -2.72. The number of ether oxygens (including phenoxy) is 1. The van der Waals surface area contributed by atoms with E-state index >= 15 is 0 Å². The zero-order valence-electron chi connectivity index (χ0n) is 28.2. The van der Waals surface area contributed by atoms with Crippen LogP contribution >= 0.6 is 0 Å². The highest BCUT2D eigenvalue weighted by Gasteiger charge is 2.59. The summed E-state index contributed by atoms with van der Waals surface area (Å²) in [5.41, 5.74) is -0.744. The van der Waals surface area contributed by atoms with Gasteiger partial charge in [-0.3, -0.25) is 4.79 Å². The molecule has 1 amide bonds. The van der Waals surface area contributed by atoms with Crippen molar-refractivity contribution < 1.29 is 18.4 Å². The van der Waals surface area contributed by atoms with Gasteiger partial charge in [0.25, 0.3) is 0 Å². The van der Waals surface area contributed by atoms with Gasteiger partial charge in [0.05, 0.1) is 18.3 Å². The van der Waals surface area contributed by atoms with E-state index in [1.54, 1.807) is 0 Å². The molecule has 2 aliphatic rings. The number of rotatable bonds is 9. The largest absolute Gasteiger partial charge is 0.413 e. The Morgan fingerprint density at radius 1 is 1.08 bits per heavy atom. The van der Waals surface area contributed by atoms with E-state index in [4.69, 9.17) is 13.6 Å². The van der Waals surface area contributed by atoms with Crippen LogP contribution in [0.2, 0.25) is 36.3 Å². The zero-order chi connectivity index (χ0) is 30.4. The molecule has 2 aliphatic heterocycles. The average Bonchev–Trinajstić information content (AvgIpc) is 2.79. The summed E-state index contributed by atoms with van der Waals surface area (Å²) in [5.74, 6) is 0.728. The van der Waals surface area contributed by atoms with E-state index in [2.05, 4.69) is 114 Å². The van der Waals surface area contributed by atoms with Crippen LogP contribution in [0.4, 0.5) is 0 Å². The van der Waals surface area contributed by atoms with Crippen molar-refractivity contribution in [1.82, 2.24) is 5.32 Å². The summed E-state index contributed by atoms with van der Waals surface area (Å²) in [7, 11) is -4.12. The maximum Gasteiger partial charge on any atom is 0.225 e. The van der Waals surface area contributed by atoms with E-state index in [-0.39, 0.29) is 63.9 Å². The van der Waals surface area contributed by atoms with Crippen LogP contribution in [0.15, 0.2) is 12.7 Å². The third-order valence-electron chi connectivity index (χ3n) is 11.1. The van der Waals surface area contributed by atoms with Gasteiger partial charge < -0.3 is 18.9 Å². The highest BCUT2D eigenvalue weighted by molar-refractivity contribution is 6.74. The molecule has 7 heteroatoms. The predicted octanol–water partition coefficient (Wildman–Crippen LogP) is 8.53. The molecule has 0 bridgehead atoms. The zero-order valence-corrected chi connectivity index (χ0v) is 30.2. The van der Waals surface area contributed by atoms with E-state index in [0.29, 0.717) is 0 Å². The van der Waals surface area contributed by atoms with Crippen molar-refractivity contribution in [2.75, 3.05) is 0 Å². The predicted molar refractivity (Wildman–Crippen MR) is 170 cm³/mol. The van der Waals surface area contributed by atoms with Gasteiger partial charge in [-0.2, -0.15) is 0 Å². The minimum absolute atomic E-state index is 0.00666. The highest BCUT2D eigenvalue weighted by Crippen LogP contribution is 2.50.